The first-order valence-electron chi connectivity index (χ1n) is 12.9. The maximum absolute atomic E-state index is 11.9. The van der Waals surface area contributed by atoms with Crippen LogP contribution >= 0.6 is 0 Å². The minimum Gasteiger partial charge on any atom is -0.368 e. The zero-order valence-corrected chi connectivity index (χ0v) is 20.3. The van der Waals surface area contributed by atoms with E-state index in [2.05, 4.69) is 54.5 Å². The van der Waals surface area contributed by atoms with Gasteiger partial charge in [-0.15, -0.1) is 5.10 Å². The third-order valence-corrected chi connectivity index (χ3v) is 8.43. The Labute approximate surface area is 202 Å². The fourth-order valence-electron chi connectivity index (χ4n) is 6.03. The molecule has 0 radical (unpaired) electrons. The highest BCUT2D eigenvalue weighted by Gasteiger charge is 2.47. The first-order valence-corrected chi connectivity index (χ1v) is 12.9. The molecule has 3 heterocycles. The Morgan fingerprint density at radius 3 is 2.50 bits per heavy atom. The standard InChI is InChI=1S/C25H38N8O/c1-20(23(26)34)30-15-11-25(12-16-30,32-14-6-13-31(17-18-32)22-9-5-10-22)24-27-28-29-33(24)19-21-7-3-2-4-8-21/h2-4,7-8,20,22H,5-6,9-19H2,1H3,(H2,26,34). The Morgan fingerprint density at radius 1 is 1.06 bits per heavy atom. The fourth-order valence-corrected chi connectivity index (χ4v) is 6.03. The van der Waals surface area contributed by atoms with Crippen LogP contribution in [0.25, 0.3) is 0 Å². The van der Waals surface area contributed by atoms with E-state index in [1.807, 2.05) is 17.7 Å². The Bertz CT molecular complexity index is 951. The zero-order chi connectivity index (χ0) is 23.5. The van der Waals surface area contributed by atoms with E-state index in [0.29, 0.717) is 6.54 Å². The third-order valence-electron chi connectivity index (χ3n) is 8.43. The molecule has 0 spiro atoms. The lowest BCUT2D eigenvalue weighted by molar-refractivity contribution is -0.124. The van der Waals surface area contributed by atoms with E-state index in [1.165, 1.54) is 37.8 Å². The van der Waals surface area contributed by atoms with E-state index in [1.54, 1.807) is 0 Å². The van der Waals surface area contributed by atoms with Gasteiger partial charge in [0.05, 0.1) is 18.1 Å². The van der Waals surface area contributed by atoms with E-state index < -0.39 is 0 Å². The van der Waals surface area contributed by atoms with Crippen molar-refractivity contribution in [1.82, 2.24) is 34.9 Å². The van der Waals surface area contributed by atoms with Gasteiger partial charge in [0, 0.05) is 38.8 Å². The molecular formula is C25H38N8O. The van der Waals surface area contributed by atoms with Crippen LogP contribution in [0.15, 0.2) is 30.3 Å². The Hall–Kier alpha value is -2.36. The van der Waals surface area contributed by atoms with Gasteiger partial charge >= 0.3 is 0 Å². The van der Waals surface area contributed by atoms with Crippen molar-refractivity contribution in [1.29, 1.82) is 0 Å². The number of hydrogen-bond donors (Lipinski definition) is 1. The third kappa shape index (κ3) is 4.61. The predicted octanol–water partition coefficient (Wildman–Crippen LogP) is 1.45. The summed E-state index contributed by atoms with van der Waals surface area (Å²) in [7, 11) is 0. The van der Waals surface area contributed by atoms with Crippen molar-refractivity contribution in [3.8, 4) is 0 Å². The molecule has 0 bridgehead atoms. The number of rotatable bonds is 7. The van der Waals surface area contributed by atoms with Crippen molar-refractivity contribution < 1.29 is 4.79 Å². The fraction of sp³-hybridized carbons (Fsp3) is 0.680. The van der Waals surface area contributed by atoms with E-state index in [-0.39, 0.29) is 17.5 Å². The van der Waals surface area contributed by atoms with Crippen molar-refractivity contribution in [3.63, 3.8) is 0 Å². The molecule has 34 heavy (non-hydrogen) atoms. The molecule has 2 aliphatic heterocycles. The second kappa shape index (κ2) is 10.1. The molecule has 1 unspecified atom stereocenters. The summed E-state index contributed by atoms with van der Waals surface area (Å²) in [6.07, 6.45) is 7.02. The summed E-state index contributed by atoms with van der Waals surface area (Å²) in [5.74, 6) is 0.701. The molecule has 3 aliphatic rings. The van der Waals surface area contributed by atoms with Crippen molar-refractivity contribution in [2.75, 3.05) is 39.3 Å². The first kappa shape index (κ1) is 23.4. The molecule has 1 atom stereocenters. The molecule has 1 aliphatic carbocycles. The minimum absolute atomic E-state index is 0.234. The van der Waals surface area contributed by atoms with Crippen LogP contribution in [-0.4, -0.2) is 92.2 Å². The van der Waals surface area contributed by atoms with Gasteiger partial charge in [-0.2, -0.15) is 0 Å². The summed E-state index contributed by atoms with van der Waals surface area (Å²) in [5, 5.41) is 13.2. The number of likely N-dealkylation sites (tertiary alicyclic amines) is 1. The minimum atomic E-state index is -0.257. The van der Waals surface area contributed by atoms with Crippen LogP contribution in [0.5, 0.6) is 0 Å². The monoisotopic (exact) mass is 466 g/mol. The number of carbonyl (C=O) groups is 1. The highest BCUT2D eigenvalue weighted by atomic mass is 16.1. The second-order valence-corrected chi connectivity index (χ2v) is 10.3. The van der Waals surface area contributed by atoms with E-state index in [4.69, 9.17) is 5.73 Å². The summed E-state index contributed by atoms with van der Waals surface area (Å²) in [5.41, 5.74) is 6.59. The molecule has 2 saturated heterocycles. The molecule has 5 rings (SSSR count). The number of carbonyl (C=O) groups excluding carboxylic acids is 1. The number of nitrogens with zero attached hydrogens (tertiary/aromatic N) is 7. The van der Waals surface area contributed by atoms with Crippen LogP contribution < -0.4 is 5.73 Å². The molecule has 3 fully saturated rings. The lowest BCUT2D eigenvalue weighted by atomic mass is 9.83. The van der Waals surface area contributed by atoms with E-state index in [9.17, 15) is 4.79 Å². The van der Waals surface area contributed by atoms with Crippen molar-refractivity contribution in [2.24, 2.45) is 5.73 Å². The van der Waals surface area contributed by atoms with Gasteiger partial charge in [0.1, 0.15) is 0 Å². The Morgan fingerprint density at radius 2 is 1.82 bits per heavy atom. The van der Waals surface area contributed by atoms with Gasteiger partial charge < -0.3 is 5.73 Å². The smallest absolute Gasteiger partial charge is 0.234 e. The van der Waals surface area contributed by atoms with Gasteiger partial charge in [-0.1, -0.05) is 36.8 Å². The largest absolute Gasteiger partial charge is 0.368 e. The van der Waals surface area contributed by atoms with Gasteiger partial charge in [0.25, 0.3) is 0 Å². The number of hydrogen-bond acceptors (Lipinski definition) is 7. The number of primary amides is 1. The number of aromatic nitrogens is 4. The average molecular weight is 467 g/mol. The van der Waals surface area contributed by atoms with Crippen LogP contribution in [0.1, 0.15) is 56.8 Å². The van der Waals surface area contributed by atoms with Gasteiger partial charge in [-0.05, 0) is 61.6 Å². The summed E-state index contributed by atoms with van der Waals surface area (Å²) in [6.45, 7) is 8.56. The van der Waals surface area contributed by atoms with Crippen molar-refractivity contribution >= 4 is 5.91 Å². The average Bonchev–Trinajstić information content (AvgIpc) is 3.15. The molecular weight excluding hydrogens is 428 g/mol. The van der Waals surface area contributed by atoms with Gasteiger partial charge in [0.15, 0.2) is 5.82 Å². The highest BCUT2D eigenvalue weighted by molar-refractivity contribution is 5.79. The highest BCUT2D eigenvalue weighted by Crippen LogP contribution is 2.39. The first-order chi connectivity index (χ1) is 16.6. The van der Waals surface area contributed by atoms with Crippen molar-refractivity contribution in [3.05, 3.63) is 41.7 Å². The Kier molecular flexibility index (Phi) is 6.94. The molecule has 1 amide bonds. The molecule has 184 valence electrons. The van der Waals surface area contributed by atoms with Gasteiger partial charge in [0.2, 0.25) is 5.91 Å². The zero-order valence-electron chi connectivity index (χ0n) is 20.3. The summed E-state index contributed by atoms with van der Waals surface area (Å²) in [4.78, 5) is 19.4. The maximum atomic E-state index is 11.9. The normalized spacial score (nSPS) is 23.8. The molecule has 1 aromatic heterocycles. The molecule has 9 heteroatoms. The molecule has 2 aromatic rings. The summed E-state index contributed by atoms with van der Waals surface area (Å²) >= 11 is 0. The van der Waals surface area contributed by atoms with E-state index in [0.717, 1.165) is 57.4 Å². The lowest BCUT2D eigenvalue weighted by Gasteiger charge is -2.48. The quantitative estimate of drug-likeness (QED) is 0.660. The van der Waals surface area contributed by atoms with Crippen LogP contribution in [0, 0.1) is 0 Å². The molecule has 9 nitrogen and oxygen atoms in total. The summed E-state index contributed by atoms with van der Waals surface area (Å²) in [6, 6.07) is 10.9. The maximum Gasteiger partial charge on any atom is 0.234 e. The van der Waals surface area contributed by atoms with Crippen LogP contribution in [-0.2, 0) is 16.9 Å². The molecule has 2 N–H and O–H groups in total. The van der Waals surface area contributed by atoms with Gasteiger partial charge in [-0.3, -0.25) is 19.5 Å². The van der Waals surface area contributed by atoms with Crippen LogP contribution in [0.2, 0.25) is 0 Å². The number of tetrazole rings is 1. The van der Waals surface area contributed by atoms with Gasteiger partial charge in [-0.25, -0.2) is 4.68 Å². The topological polar surface area (TPSA) is 96.4 Å². The predicted molar refractivity (Wildman–Crippen MR) is 130 cm³/mol. The van der Waals surface area contributed by atoms with E-state index >= 15 is 0 Å². The molecule has 1 saturated carbocycles. The Balaban J connectivity index is 1.42. The van der Waals surface area contributed by atoms with Crippen LogP contribution in [0.4, 0.5) is 0 Å². The SMILES string of the molecule is CC(C(N)=O)N1CCC(c2nnnn2Cc2ccccc2)(N2CCCN(C3CCC3)CC2)CC1. The number of benzene rings is 1. The lowest BCUT2D eigenvalue weighted by Crippen LogP contribution is -2.58. The summed E-state index contributed by atoms with van der Waals surface area (Å²) < 4.78 is 2.00. The molecule has 1 aromatic carbocycles. The number of nitrogens with two attached hydrogens (primary N) is 1. The van der Waals surface area contributed by atoms with Crippen LogP contribution in [0.3, 0.4) is 0 Å². The second-order valence-electron chi connectivity index (χ2n) is 10.3. The van der Waals surface area contributed by atoms with Crippen molar-refractivity contribution in [2.45, 2.75) is 69.6 Å². The number of amides is 1. The number of piperidine rings is 1.